The molecular formula is C20H21N5O5. The van der Waals surface area contributed by atoms with Crippen LogP contribution in [0.3, 0.4) is 0 Å². The molecule has 0 fully saturated rings. The molecule has 0 aromatic heterocycles. The number of hydrazone groups is 1. The fourth-order valence-electron chi connectivity index (χ4n) is 2.22. The van der Waals surface area contributed by atoms with Crippen molar-refractivity contribution in [3.63, 3.8) is 0 Å². The monoisotopic (exact) mass is 411 g/mol. The highest BCUT2D eigenvalue weighted by atomic mass is 16.5. The van der Waals surface area contributed by atoms with Gasteiger partial charge in [-0.05, 0) is 61.0 Å². The second kappa shape index (κ2) is 10.4. The molecule has 0 heterocycles. The molecule has 0 saturated heterocycles. The molecule has 0 unspecified atom stereocenters. The summed E-state index contributed by atoms with van der Waals surface area (Å²) in [7, 11) is 0. The number of amides is 4. The third-order valence-electron chi connectivity index (χ3n) is 3.65. The van der Waals surface area contributed by atoms with Crippen LogP contribution in [0.2, 0.25) is 0 Å². The SMILES string of the molecule is CC(=O)Nc1ccc(NC(=O)C(=O)N/N=C(\C)c2ccc(OCC(N)=O)cc2)cc1. The van der Waals surface area contributed by atoms with Crippen molar-refractivity contribution >= 4 is 40.7 Å². The molecule has 5 N–H and O–H groups in total. The Kier molecular flexibility index (Phi) is 7.63. The van der Waals surface area contributed by atoms with Crippen LogP contribution in [0.15, 0.2) is 53.6 Å². The van der Waals surface area contributed by atoms with Gasteiger partial charge in [0.2, 0.25) is 5.91 Å². The van der Waals surface area contributed by atoms with Crippen LogP contribution < -0.4 is 26.5 Å². The minimum absolute atomic E-state index is 0.216. The molecular weight excluding hydrogens is 390 g/mol. The number of benzene rings is 2. The van der Waals surface area contributed by atoms with Crippen molar-refractivity contribution in [3.8, 4) is 5.75 Å². The summed E-state index contributed by atoms with van der Waals surface area (Å²) in [5, 5.41) is 8.93. The number of ether oxygens (including phenoxy) is 1. The number of anilines is 2. The zero-order valence-corrected chi connectivity index (χ0v) is 16.4. The first-order valence-electron chi connectivity index (χ1n) is 8.79. The molecule has 0 bridgehead atoms. The normalized spacial score (nSPS) is 10.7. The van der Waals surface area contributed by atoms with Crippen molar-refractivity contribution in [2.75, 3.05) is 17.2 Å². The maximum atomic E-state index is 12.0. The fraction of sp³-hybridized carbons (Fsp3) is 0.150. The van der Waals surface area contributed by atoms with E-state index in [1.54, 1.807) is 55.5 Å². The van der Waals surface area contributed by atoms with Gasteiger partial charge in [0.15, 0.2) is 6.61 Å². The maximum Gasteiger partial charge on any atom is 0.329 e. The van der Waals surface area contributed by atoms with E-state index < -0.39 is 17.7 Å². The lowest BCUT2D eigenvalue weighted by Crippen LogP contribution is -2.32. The minimum atomic E-state index is -0.943. The minimum Gasteiger partial charge on any atom is -0.484 e. The number of rotatable bonds is 7. The molecule has 0 atom stereocenters. The number of carbonyl (C=O) groups is 4. The Bertz CT molecular complexity index is 968. The third kappa shape index (κ3) is 7.08. The van der Waals surface area contributed by atoms with Crippen LogP contribution in [0.5, 0.6) is 5.75 Å². The smallest absolute Gasteiger partial charge is 0.329 e. The van der Waals surface area contributed by atoms with E-state index >= 15 is 0 Å². The largest absolute Gasteiger partial charge is 0.484 e. The van der Waals surface area contributed by atoms with Crippen molar-refractivity contribution in [3.05, 3.63) is 54.1 Å². The van der Waals surface area contributed by atoms with Crippen LogP contribution in [0.1, 0.15) is 19.4 Å². The van der Waals surface area contributed by atoms with Crippen LogP contribution in [-0.2, 0) is 19.2 Å². The molecule has 0 saturated carbocycles. The summed E-state index contributed by atoms with van der Waals surface area (Å²) in [6.45, 7) is 2.81. The highest BCUT2D eigenvalue weighted by Crippen LogP contribution is 2.14. The van der Waals surface area contributed by atoms with Gasteiger partial charge in [-0.25, -0.2) is 5.43 Å². The van der Waals surface area contributed by atoms with Crippen LogP contribution >= 0.6 is 0 Å². The van der Waals surface area contributed by atoms with Crippen LogP contribution in [-0.4, -0.2) is 35.9 Å². The predicted octanol–water partition coefficient (Wildman–Crippen LogP) is 0.988. The van der Waals surface area contributed by atoms with Crippen LogP contribution in [0.4, 0.5) is 11.4 Å². The molecule has 0 radical (unpaired) electrons. The molecule has 2 aromatic carbocycles. The summed E-state index contributed by atoms with van der Waals surface area (Å²) in [5.41, 5.74) is 9.28. The molecule has 30 heavy (non-hydrogen) atoms. The first-order chi connectivity index (χ1) is 14.2. The first kappa shape index (κ1) is 22.1. The summed E-state index contributed by atoms with van der Waals surface area (Å²) in [6.07, 6.45) is 0. The molecule has 0 aliphatic rings. The average molecular weight is 411 g/mol. The molecule has 0 aliphatic carbocycles. The Morgan fingerprint density at radius 1 is 0.867 bits per heavy atom. The van der Waals surface area contributed by atoms with Gasteiger partial charge >= 0.3 is 11.8 Å². The van der Waals surface area contributed by atoms with Gasteiger partial charge in [-0.2, -0.15) is 5.10 Å². The van der Waals surface area contributed by atoms with E-state index in [1.807, 2.05) is 0 Å². The summed E-state index contributed by atoms with van der Waals surface area (Å²) >= 11 is 0. The Hall–Kier alpha value is -4.21. The average Bonchev–Trinajstić information content (AvgIpc) is 2.71. The lowest BCUT2D eigenvalue weighted by molar-refractivity contribution is -0.136. The van der Waals surface area contributed by atoms with Crippen LogP contribution in [0.25, 0.3) is 0 Å². The highest BCUT2D eigenvalue weighted by molar-refractivity contribution is 6.39. The topological polar surface area (TPSA) is 152 Å². The molecule has 2 aromatic rings. The van der Waals surface area contributed by atoms with Gasteiger partial charge in [0.25, 0.3) is 5.91 Å². The lowest BCUT2D eigenvalue weighted by atomic mass is 10.1. The van der Waals surface area contributed by atoms with Crippen LogP contribution in [0, 0.1) is 0 Å². The van der Waals surface area contributed by atoms with Gasteiger partial charge in [0, 0.05) is 18.3 Å². The lowest BCUT2D eigenvalue weighted by Gasteiger charge is -2.07. The zero-order valence-electron chi connectivity index (χ0n) is 16.4. The molecule has 0 spiro atoms. The Balaban J connectivity index is 1.89. The van der Waals surface area contributed by atoms with Crippen molar-refractivity contribution < 1.29 is 23.9 Å². The van der Waals surface area contributed by atoms with E-state index in [-0.39, 0.29) is 12.5 Å². The first-order valence-corrected chi connectivity index (χ1v) is 8.79. The second-order valence-electron chi connectivity index (χ2n) is 6.13. The summed E-state index contributed by atoms with van der Waals surface area (Å²) in [5.74, 6) is -2.18. The van der Waals surface area contributed by atoms with Gasteiger partial charge in [-0.3, -0.25) is 19.2 Å². The number of nitrogens with one attached hydrogen (secondary N) is 3. The summed E-state index contributed by atoms with van der Waals surface area (Å²) in [4.78, 5) is 45.6. The number of carbonyl (C=O) groups excluding carboxylic acids is 4. The number of nitrogens with two attached hydrogens (primary N) is 1. The van der Waals surface area contributed by atoms with E-state index in [1.165, 1.54) is 6.92 Å². The number of nitrogens with zero attached hydrogens (tertiary/aromatic N) is 1. The van der Waals surface area contributed by atoms with E-state index in [4.69, 9.17) is 10.5 Å². The van der Waals surface area contributed by atoms with Crippen molar-refractivity contribution in [1.29, 1.82) is 0 Å². The highest BCUT2D eigenvalue weighted by Gasteiger charge is 2.13. The van der Waals surface area contributed by atoms with Gasteiger partial charge in [0.05, 0.1) is 5.71 Å². The standard InChI is InChI=1S/C20H21N5O5/c1-12(14-3-9-17(10-4-14)30-11-18(21)27)24-25-20(29)19(28)23-16-7-5-15(6-8-16)22-13(2)26/h3-10H,11H2,1-2H3,(H2,21,27)(H,22,26)(H,23,28)(H,25,29)/b24-12+. The molecule has 2 rings (SSSR count). The number of hydrogen-bond acceptors (Lipinski definition) is 6. The Labute approximate surface area is 172 Å². The number of primary amides is 1. The van der Waals surface area contributed by atoms with Crippen molar-refractivity contribution in [2.45, 2.75) is 13.8 Å². The maximum absolute atomic E-state index is 12.0. The van der Waals surface area contributed by atoms with E-state index in [9.17, 15) is 19.2 Å². The van der Waals surface area contributed by atoms with E-state index in [0.29, 0.717) is 28.4 Å². The van der Waals surface area contributed by atoms with Gasteiger partial charge in [-0.15, -0.1) is 0 Å². The van der Waals surface area contributed by atoms with Gasteiger partial charge < -0.3 is 21.1 Å². The summed E-state index contributed by atoms with van der Waals surface area (Å²) < 4.78 is 5.16. The molecule has 10 nitrogen and oxygen atoms in total. The Morgan fingerprint density at radius 3 is 1.97 bits per heavy atom. The van der Waals surface area contributed by atoms with Gasteiger partial charge in [-0.1, -0.05) is 0 Å². The van der Waals surface area contributed by atoms with E-state index in [0.717, 1.165) is 0 Å². The summed E-state index contributed by atoms with van der Waals surface area (Å²) in [6, 6.07) is 12.9. The molecule has 0 aliphatic heterocycles. The molecule has 156 valence electrons. The third-order valence-corrected chi connectivity index (χ3v) is 3.65. The zero-order chi connectivity index (χ0) is 22.1. The predicted molar refractivity (Wildman–Crippen MR) is 111 cm³/mol. The fourth-order valence-corrected chi connectivity index (χ4v) is 2.22. The molecule has 4 amide bonds. The van der Waals surface area contributed by atoms with Gasteiger partial charge in [0.1, 0.15) is 5.75 Å². The second-order valence-corrected chi connectivity index (χ2v) is 6.13. The number of hydrogen-bond donors (Lipinski definition) is 4. The van der Waals surface area contributed by atoms with Crippen molar-refractivity contribution in [2.24, 2.45) is 10.8 Å². The van der Waals surface area contributed by atoms with Crippen molar-refractivity contribution in [1.82, 2.24) is 5.43 Å². The Morgan fingerprint density at radius 2 is 1.43 bits per heavy atom. The molecule has 10 heteroatoms. The quantitative estimate of drug-likeness (QED) is 0.304. The van der Waals surface area contributed by atoms with E-state index in [2.05, 4.69) is 21.2 Å².